The lowest BCUT2D eigenvalue weighted by atomic mass is 9.86. The smallest absolute Gasteiger partial charge is 0.237 e. The van der Waals surface area contributed by atoms with Crippen molar-refractivity contribution in [2.24, 2.45) is 11.8 Å². The van der Waals surface area contributed by atoms with E-state index >= 15 is 0 Å². The van der Waals surface area contributed by atoms with Crippen LogP contribution in [0.2, 0.25) is 0 Å². The van der Waals surface area contributed by atoms with E-state index in [9.17, 15) is 9.59 Å². The van der Waals surface area contributed by atoms with Crippen molar-refractivity contribution in [3.05, 3.63) is 30.0 Å². The first-order valence-corrected chi connectivity index (χ1v) is 9.92. The normalized spacial score (nSPS) is 19.8. The number of carbonyl (C=O) groups is 2. The zero-order valence-corrected chi connectivity index (χ0v) is 16.1. The van der Waals surface area contributed by atoms with E-state index in [1.807, 2.05) is 29.2 Å². The first-order chi connectivity index (χ1) is 13.5. The molecule has 2 aliphatic rings. The van der Waals surface area contributed by atoms with Crippen molar-refractivity contribution < 1.29 is 9.59 Å². The molecule has 2 aromatic rings. The van der Waals surface area contributed by atoms with E-state index in [1.165, 1.54) is 0 Å². The lowest BCUT2D eigenvalue weighted by Gasteiger charge is -2.37. The maximum Gasteiger partial charge on any atom is 0.237 e. The number of aromatic nitrogens is 2. The Labute approximate surface area is 164 Å². The molecule has 1 unspecified atom stereocenters. The maximum atomic E-state index is 12.7. The van der Waals surface area contributed by atoms with Crippen LogP contribution in [0.3, 0.4) is 0 Å². The van der Waals surface area contributed by atoms with E-state index in [0.29, 0.717) is 12.3 Å². The van der Waals surface area contributed by atoms with E-state index in [4.69, 9.17) is 5.26 Å². The number of likely N-dealkylation sites (tertiary alicyclic amines) is 1. The molecule has 4 rings (SSSR count). The number of nitriles is 1. The predicted octanol–water partition coefficient (Wildman–Crippen LogP) is 2.15. The summed E-state index contributed by atoms with van der Waals surface area (Å²) < 4.78 is 0. The van der Waals surface area contributed by atoms with Gasteiger partial charge in [-0.05, 0) is 50.2 Å². The summed E-state index contributed by atoms with van der Waals surface area (Å²) >= 11 is 0. The maximum absolute atomic E-state index is 12.7. The van der Waals surface area contributed by atoms with E-state index < -0.39 is 5.92 Å². The van der Waals surface area contributed by atoms with Crippen molar-refractivity contribution in [3.8, 4) is 6.07 Å². The average Bonchev–Trinajstić information content (AvgIpc) is 3.34. The lowest BCUT2D eigenvalue weighted by molar-refractivity contribution is -0.132. The Hall–Kier alpha value is -2.88. The Bertz CT molecular complexity index is 932. The number of piperidine rings is 1. The standard InChI is InChI=1S/C21H25N5O2/c1-14(12-22)20(28)24-21(6-7-21)17-4-8-26(9-5-17)19(27)11-15-2-3-16-13-23-25-18(16)10-15/h2-3,10,13-14,17H,4-9,11H2,1H3,(H,23,25)(H,24,28). The molecule has 1 aromatic carbocycles. The number of nitrogens with zero attached hydrogens (tertiary/aromatic N) is 3. The zero-order valence-electron chi connectivity index (χ0n) is 16.1. The summed E-state index contributed by atoms with van der Waals surface area (Å²) in [6.07, 6.45) is 5.90. The molecule has 1 aromatic heterocycles. The Morgan fingerprint density at radius 2 is 2.14 bits per heavy atom. The van der Waals surface area contributed by atoms with Crippen molar-refractivity contribution >= 4 is 22.7 Å². The molecule has 7 heteroatoms. The van der Waals surface area contributed by atoms with Gasteiger partial charge in [0, 0.05) is 24.0 Å². The van der Waals surface area contributed by atoms with Crippen LogP contribution < -0.4 is 5.32 Å². The molecule has 0 radical (unpaired) electrons. The van der Waals surface area contributed by atoms with Crippen LogP contribution >= 0.6 is 0 Å². The topological polar surface area (TPSA) is 102 Å². The summed E-state index contributed by atoms with van der Waals surface area (Å²) in [5.74, 6) is -0.268. The summed E-state index contributed by atoms with van der Waals surface area (Å²) in [5.41, 5.74) is 1.78. The third-order valence-corrected chi connectivity index (χ3v) is 6.24. The fraction of sp³-hybridized carbons (Fsp3) is 0.524. The number of benzene rings is 1. The largest absolute Gasteiger partial charge is 0.349 e. The van der Waals surface area contributed by atoms with Crippen LogP contribution in [-0.4, -0.2) is 45.5 Å². The highest BCUT2D eigenvalue weighted by Gasteiger charge is 2.51. The second kappa shape index (κ2) is 7.27. The van der Waals surface area contributed by atoms with Crippen LogP contribution in [-0.2, 0) is 16.0 Å². The van der Waals surface area contributed by atoms with E-state index in [0.717, 1.165) is 55.2 Å². The summed E-state index contributed by atoms with van der Waals surface area (Å²) in [6, 6.07) is 7.95. The van der Waals surface area contributed by atoms with Gasteiger partial charge in [0.25, 0.3) is 0 Å². The molecule has 1 aliphatic heterocycles. The van der Waals surface area contributed by atoms with Crippen molar-refractivity contribution in [2.45, 2.75) is 44.6 Å². The highest BCUT2D eigenvalue weighted by molar-refractivity contribution is 5.83. The molecule has 1 aliphatic carbocycles. The third-order valence-electron chi connectivity index (χ3n) is 6.24. The summed E-state index contributed by atoms with van der Waals surface area (Å²) in [5, 5.41) is 20.0. The molecule has 1 saturated carbocycles. The molecule has 0 bridgehead atoms. The van der Waals surface area contributed by atoms with Gasteiger partial charge in [0.15, 0.2) is 0 Å². The van der Waals surface area contributed by atoms with Gasteiger partial charge in [0.1, 0.15) is 5.92 Å². The van der Waals surface area contributed by atoms with Gasteiger partial charge in [-0.15, -0.1) is 0 Å². The van der Waals surface area contributed by atoms with Gasteiger partial charge in [0.2, 0.25) is 11.8 Å². The van der Waals surface area contributed by atoms with Gasteiger partial charge in [-0.2, -0.15) is 10.4 Å². The Balaban J connectivity index is 1.32. The van der Waals surface area contributed by atoms with Gasteiger partial charge < -0.3 is 10.2 Å². The van der Waals surface area contributed by atoms with E-state index in [1.54, 1.807) is 13.1 Å². The second-order valence-corrected chi connectivity index (χ2v) is 8.12. The molecule has 1 atom stereocenters. The molecule has 2 fully saturated rings. The number of aromatic amines is 1. The van der Waals surface area contributed by atoms with E-state index in [2.05, 4.69) is 15.5 Å². The molecular weight excluding hydrogens is 354 g/mol. The van der Waals surface area contributed by atoms with Gasteiger partial charge in [-0.1, -0.05) is 12.1 Å². The molecule has 0 spiro atoms. The molecule has 146 valence electrons. The fourth-order valence-corrected chi connectivity index (χ4v) is 4.24. The van der Waals surface area contributed by atoms with Gasteiger partial charge in [-0.25, -0.2) is 0 Å². The van der Waals surface area contributed by atoms with Crippen LogP contribution in [0.1, 0.15) is 38.2 Å². The number of amides is 2. The van der Waals surface area contributed by atoms with E-state index in [-0.39, 0.29) is 17.4 Å². The second-order valence-electron chi connectivity index (χ2n) is 8.12. The molecular formula is C21H25N5O2. The first kappa shape index (κ1) is 18.5. The minimum Gasteiger partial charge on any atom is -0.349 e. The number of H-pyrrole nitrogens is 1. The predicted molar refractivity (Wildman–Crippen MR) is 104 cm³/mol. The monoisotopic (exact) mass is 379 g/mol. The Morgan fingerprint density at radius 3 is 2.82 bits per heavy atom. The molecule has 7 nitrogen and oxygen atoms in total. The van der Waals surface area contributed by atoms with Gasteiger partial charge >= 0.3 is 0 Å². The van der Waals surface area contributed by atoms with Crippen molar-refractivity contribution in [2.75, 3.05) is 13.1 Å². The number of fused-ring (bicyclic) bond motifs is 1. The first-order valence-electron chi connectivity index (χ1n) is 9.92. The lowest BCUT2D eigenvalue weighted by Crippen LogP contribution is -2.49. The third kappa shape index (κ3) is 3.59. The molecule has 2 N–H and O–H groups in total. The Kier molecular flexibility index (Phi) is 4.80. The number of carbonyl (C=O) groups excluding carboxylic acids is 2. The van der Waals surface area contributed by atoms with Gasteiger partial charge in [0.05, 0.1) is 24.2 Å². The number of nitrogens with one attached hydrogen (secondary N) is 2. The molecule has 1 saturated heterocycles. The van der Waals surface area contributed by atoms with Crippen LogP contribution in [0.5, 0.6) is 0 Å². The van der Waals surface area contributed by atoms with Crippen LogP contribution in [0.15, 0.2) is 24.4 Å². The number of hydrogen-bond donors (Lipinski definition) is 2. The van der Waals surface area contributed by atoms with Crippen molar-refractivity contribution in [1.29, 1.82) is 5.26 Å². The summed E-state index contributed by atoms with van der Waals surface area (Å²) in [6.45, 7) is 3.08. The van der Waals surface area contributed by atoms with Gasteiger partial charge in [-0.3, -0.25) is 14.7 Å². The highest BCUT2D eigenvalue weighted by atomic mass is 16.2. The highest BCUT2D eigenvalue weighted by Crippen LogP contribution is 2.46. The Morgan fingerprint density at radius 1 is 1.39 bits per heavy atom. The van der Waals surface area contributed by atoms with Crippen LogP contribution in [0, 0.1) is 23.2 Å². The minimum atomic E-state index is -0.619. The molecule has 2 amide bonds. The number of rotatable bonds is 5. The summed E-state index contributed by atoms with van der Waals surface area (Å²) in [7, 11) is 0. The minimum absolute atomic E-state index is 0.143. The van der Waals surface area contributed by atoms with Crippen molar-refractivity contribution in [3.63, 3.8) is 0 Å². The van der Waals surface area contributed by atoms with Crippen LogP contribution in [0.25, 0.3) is 10.9 Å². The fourth-order valence-electron chi connectivity index (χ4n) is 4.24. The molecule has 28 heavy (non-hydrogen) atoms. The van der Waals surface area contributed by atoms with Crippen LogP contribution in [0.4, 0.5) is 0 Å². The number of hydrogen-bond acceptors (Lipinski definition) is 4. The quantitative estimate of drug-likeness (QED) is 0.831. The SMILES string of the molecule is CC(C#N)C(=O)NC1(C2CCN(C(=O)Cc3ccc4cn[nH]c4c3)CC2)CC1. The zero-order chi connectivity index (χ0) is 19.7. The molecule has 2 heterocycles. The van der Waals surface area contributed by atoms with Crippen molar-refractivity contribution in [1.82, 2.24) is 20.4 Å². The summed E-state index contributed by atoms with van der Waals surface area (Å²) in [4.78, 5) is 26.8. The average molecular weight is 379 g/mol.